The number of phenols is 1. The van der Waals surface area contributed by atoms with Crippen LogP contribution in [-0.4, -0.2) is 16.2 Å². The molecule has 0 spiro atoms. The number of carbonyl (C=O) groups is 1. The van der Waals surface area contributed by atoms with Gasteiger partial charge >= 0.3 is 5.97 Å². The summed E-state index contributed by atoms with van der Waals surface area (Å²) in [6, 6.07) is 3.63. The van der Waals surface area contributed by atoms with E-state index in [2.05, 4.69) is 6.92 Å². The second kappa shape index (κ2) is 9.43. The van der Waals surface area contributed by atoms with Crippen LogP contribution in [0.3, 0.4) is 0 Å². The zero-order valence-corrected chi connectivity index (χ0v) is 13.3. The minimum absolute atomic E-state index is 0.0482. The lowest BCUT2D eigenvalue weighted by Crippen LogP contribution is -2.02. The largest absolute Gasteiger partial charge is 0.507 e. The highest BCUT2D eigenvalue weighted by Gasteiger charge is 2.15. The predicted octanol–water partition coefficient (Wildman–Crippen LogP) is 5.08. The second-order valence-corrected chi connectivity index (χ2v) is 5.80. The third-order valence-corrected chi connectivity index (χ3v) is 3.98. The first-order valence-electron chi connectivity index (χ1n) is 8.12. The van der Waals surface area contributed by atoms with Gasteiger partial charge < -0.3 is 10.2 Å². The molecule has 0 radical (unpaired) electrons. The van der Waals surface area contributed by atoms with Crippen LogP contribution < -0.4 is 0 Å². The third-order valence-electron chi connectivity index (χ3n) is 3.98. The summed E-state index contributed by atoms with van der Waals surface area (Å²) in [5.74, 6) is -1.10. The Hall–Kier alpha value is -1.51. The summed E-state index contributed by atoms with van der Waals surface area (Å²) in [6.07, 6.45) is 10.6. The molecule has 0 unspecified atom stereocenters. The van der Waals surface area contributed by atoms with Crippen molar-refractivity contribution in [3.8, 4) is 5.75 Å². The van der Waals surface area contributed by atoms with E-state index in [0.29, 0.717) is 5.56 Å². The Balaban J connectivity index is 2.36. The van der Waals surface area contributed by atoms with Gasteiger partial charge in [0, 0.05) is 0 Å². The highest BCUT2D eigenvalue weighted by molar-refractivity contribution is 5.93. The van der Waals surface area contributed by atoms with Gasteiger partial charge in [-0.25, -0.2) is 4.79 Å². The Labute approximate surface area is 128 Å². The smallest absolute Gasteiger partial charge is 0.339 e. The van der Waals surface area contributed by atoms with Crippen LogP contribution >= 0.6 is 0 Å². The number of aromatic hydroxyl groups is 1. The minimum atomic E-state index is -1.05. The molecule has 0 amide bonds. The number of hydrogen-bond donors (Lipinski definition) is 2. The molecule has 0 atom stereocenters. The van der Waals surface area contributed by atoms with Crippen LogP contribution in [0.1, 0.15) is 79.8 Å². The van der Waals surface area contributed by atoms with Gasteiger partial charge in [0.05, 0.1) is 0 Å². The van der Waals surface area contributed by atoms with E-state index in [1.807, 2.05) is 6.07 Å². The highest BCUT2D eigenvalue weighted by atomic mass is 16.4. The fraction of sp³-hybridized carbons (Fsp3) is 0.611. The van der Waals surface area contributed by atoms with Crippen molar-refractivity contribution in [3.63, 3.8) is 0 Å². The molecule has 21 heavy (non-hydrogen) atoms. The van der Waals surface area contributed by atoms with Crippen molar-refractivity contribution in [1.29, 1.82) is 0 Å². The van der Waals surface area contributed by atoms with E-state index >= 15 is 0 Å². The maximum atomic E-state index is 11.1. The highest BCUT2D eigenvalue weighted by Crippen LogP contribution is 2.27. The van der Waals surface area contributed by atoms with Crippen LogP contribution in [0.25, 0.3) is 0 Å². The summed E-state index contributed by atoms with van der Waals surface area (Å²) in [6.45, 7) is 3.93. The van der Waals surface area contributed by atoms with Crippen LogP contribution in [0.4, 0.5) is 0 Å². The Kier molecular flexibility index (Phi) is 7.88. The van der Waals surface area contributed by atoms with Crippen LogP contribution in [0.5, 0.6) is 5.75 Å². The predicted molar refractivity (Wildman–Crippen MR) is 86.1 cm³/mol. The zero-order valence-electron chi connectivity index (χ0n) is 13.3. The van der Waals surface area contributed by atoms with E-state index < -0.39 is 5.97 Å². The molecule has 1 aromatic rings. The van der Waals surface area contributed by atoms with Crippen LogP contribution in [-0.2, 0) is 6.42 Å². The fourth-order valence-electron chi connectivity index (χ4n) is 2.66. The van der Waals surface area contributed by atoms with Crippen molar-refractivity contribution < 1.29 is 15.0 Å². The lowest BCUT2D eigenvalue weighted by atomic mass is 9.98. The van der Waals surface area contributed by atoms with E-state index in [0.717, 1.165) is 24.8 Å². The molecule has 0 aliphatic heterocycles. The average molecular weight is 292 g/mol. The Bertz CT molecular complexity index is 452. The SMILES string of the molecule is CCCCCCCCCCc1ccc(C)c(C(=O)O)c1O. The molecule has 0 aliphatic carbocycles. The summed E-state index contributed by atoms with van der Waals surface area (Å²) in [5, 5.41) is 19.2. The quantitative estimate of drug-likeness (QED) is 0.591. The number of carboxylic acids is 1. The molecule has 0 fully saturated rings. The molecule has 0 aromatic heterocycles. The molecule has 0 bridgehead atoms. The van der Waals surface area contributed by atoms with Crippen molar-refractivity contribution in [2.45, 2.75) is 71.6 Å². The lowest BCUT2D eigenvalue weighted by molar-refractivity contribution is 0.0692. The van der Waals surface area contributed by atoms with Crippen LogP contribution in [0.2, 0.25) is 0 Å². The van der Waals surface area contributed by atoms with Gasteiger partial charge in [0.1, 0.15) is 11.3 Å². The Morgan fingerprint density at radius 1 is 1.00 bits per heavy atom. The van der Waals surface area contributed by atoms with Crippen molar-refractivity contribution in [2.24, 2.45) is 0 Å². The molecule has 0 heterocycles. The molecular weight excluding hydrogens is 264 g/mol. The van der Waals surface area contributed by atoms with E-state index in [1.54, 1.807) is 13.0 Å². The molecule has 118 valence electrons. The van der Waals surface area contributed by atoms with Crippen molar-refractivity contribution in [3.05, 3.63) is 28.8 Å². The molecule has 0 aliphatic rings. The molecule has 2 N–H and O–H groups in total. The van der Waals surface area contributed by atoms with Crippen molar-refractivity contribution in [1.82, 2.24) is 0 Å². The van der Waals surface area contributed by atoms with Gasteiger partial charge in [0.2, 0.25) is 0 Å². The van der Waals surface area contributed by atoms with E-state index in [1.165, 1.54) is 38.5 Å². The molecule has 0 saturated heterocycles. The number of aryl methyl sites for hydroxylation is 2. The number of carboxylic acid groups (broad SMARTS) is 1. The summed E-state index contributed by atoms with van der Waals surface area (Å²) in [7, 11) is 0. The third kappa shape index (κ3) is 5.78. The van der Waals surface area contributed by atoms with E-state index in [-0.39, 0.29) is 11.3 Å². The molecule has 3 heteroatoms. The summed E-state index contributed by atoms with van der Waals surface area (Å²) >= 11 is 0. The number of aromatic carboxylic acids is 1. The normalized spacial score (nSPS) is 10.8. The maximum Gasteiger partial charge on any atom is 0.339 e. The van der Waals surface area contributed by atoms with Gasteiger partial charge in [-0.3, -0.25) is 0 Å². The zero-order chi connectivity index (χ0) is 15.7. The summed E-state index contributed by atoms with van der Waals surface area (Å²) < 4.78 is 0. The van der Waals surface area contributed by atoms with Gasteiger partial charge in [0.15, 0.2) is 0 Å². The van der Waals surface area contributed by atoms with Crippen molar-refractivity contribution in [2.75, 3.05) is 0 Å². The molecule has 1 rings (SSSR count). The van der Waals surface area contributed by atoms with Gasteiger partial charge in [-0.1, -0.05) is 64.0 Å². The van der Waals surface area contributed by atoms with Crippen LogP contribution in [0, 0.1) is 6.92 Å². The number of unbranched alkanes of at least 4 members (excludes halogenated alkanes) is 7. The Morgan fingerprint density at radius 3 is 2.14 bits per heavy atom. The molecule has 1 aromatic carbocycles. The van der Waals surface area contributed by atoms with Gasteiger partial charge in [-0.15, -0.1) is 0 Å². The number of hydrogen-bond acceptors (Lipinski definition) is 2. The lowest BCUT2D eigenvalue weighted by Gasteiger charge is -2.09. The van der Waals surface area contributed by atoms with Gasteiger partial charge in [0.25, 0.3) is 0 Å². The number of rotatable bonds is 10. The first-order chi connectivity index (χ1) is 10.1. The summed E-state index contributed by atoms with van der Waals surface area (Å²) in [5.41, 5.74) is 1.41. The van der Waals surface area contributed by atoms with Gasteiger partial charge in [-0.05, 0) is 30.9 Å². The van der Waals surface area contributed by atoms with E-state index in [4.69, 9.17) is 5.11 Å². The average Bonchev–Trinajstić information content (AvgIpc) is 2.43. The van der Waals surface area contributed by atoms with E-state index in [9.17, 15) is 9.90 Å². The second-order valence-electron chi connectivity index (χ2n) is 5.80. The van der Waals surface area contributed by atoms with Gasteiger partial charge in [-0.2, -0.15) is 0 Å². The minimum Gasteiger partial charge on any atom is -0.507 e. The van der Waals surface area contributed by atoms with Crippen LogP contribution in [0.15, 0.2) is 12.1 Å². The summed E-state index contributed by atoms with van der Waals surface area (Å²) in [4.78, 5) is 11.1. The fourth-order valence-corrected chi connectivity index (χ4v) is 2.66. The van der Waals surface area contributed by atoms with Crippen molar-refractivity contribution >= 4 is 5.97 Å². The monoisotopic (exact) mass is 292 g/mol. The topological polar surface area (TPSA) is 57.5 Å². The molecule has 3 nitrogen and oxygen atoms in total. The first-order valence-corrected chi connectivity index (χ1v) is 8.12. The first kappa shape index (κ1) is 17.5. The molecular formula is C18H28O3. The Morgan fingerprint density at radius 2 is 1.57 bits per heavy atom. The standard InChI is InChI=1S/C18H28O3/c1-3-4-5-6-7-8-9-10-11-15-13-12-14(2)16(17(15)19)18(20)21/h12-13,19H,3-11H2,1-2H3,(H,20,21). The molecule has 0 saturated carbocycles. The maximum absolute atomic E-state index is 11.1. The number of benzene rings is 1.